The number of benzene rings is 1. The Morgan fingerprint density at radius 1 is 1.26 bits per heavy atom. The van der Waals surface area contributed by atoms with E-state index in [9.17, 15) is 0 Å². The smallest absolute Gasteiger partial charge is 0.135 e. The first kappa shape index (κ1) is 14.3. The van der Waals surface area contributed by atoms with Crippen LogP contribution < -0.4 is 5.32 Å². The molecule has 3 nitrogen and oxygen atoms in total. The van der Waals surface area contributed by atoms with Gasteiger partial charge in [-0.15, -0.1) is 0 Å². The first-order valence-corrected chi connectivity index (χ1v) is 7.32. The van der Waals surface area contributed by atoms with Crippen LogP contribution in [0.3, 0.4) is 0 Å². The lowest BCUT2D eigenvalue weighted by molar-refractivity contribution is 0.831. The van der Waals surface area contributed by atoms with E-state index in [1.165, 1.54) is 0 Å². The molecular weight excluding hydrogens is 326 g/mol. The van der Waals surface area contributed by atoms with Crippen LogP contribution in [0.15, 0.2) is 28.9 Å². The number of halogens is 2. The maximum atomic E-state index is 6.01. The van der Waals surface area contributed by atoms with Crippen molar-refractivity contribution in [3.8, 4) is 0 Å². The van der Waals surface area contributed by atoms with Crippen molar-refractivity contribution in [2.45, 2.75) is 26.7 Å². The quantitative estimate of drug-likeness (QED) is 0.805. The second kappa shape index (κ2) is 6.35. The van der Waals surface area contributed by atoms with Gasteiger partial charge in [-0.1, -0.05) is 24.6 Å². The molecule has 0 amide bonds. The average molecular weight is 341 g/mol. The molecule has 0 aliphatic heterocycles. The molecule has 0 saturated carbocycles. The lowest BCUT2D eigenvalue weighted by atomic mass is 10.2. The lowest BCUT2D eigenvalue weighted by Crippen LogP contribution is -2.01. The molecule has 5 heteroatoms. The fourth-order valence-electron chi connectivity index (χ4n) is 1.73. The SMILES string of the molecule is CCCc1nc(Br)cc(Nc2cc(Cl)ccc2C)n1. The number of anilines is 2. The Morgan fingerprint density at radius 2 is 2.05 bits per heavy atom. The molecular formula is C14H15BrClN3. The van der Waals surface area contributed by atoms with Crippen molar-refractivity contribution in [3.63, 3.8) is 0 Å². The van der Waals surface area contributed by atoms with Crippen LogP contribution in [0, 0.1) is 6.92 Å². The second-order valence-electron chi connectivity index (χ2n) is 4.33. The van der Waals surface area contributed by atoms with Crippen molar-refractivity contribution < 1.29 is 0 Å². The zero-order valence-corrected chi connectivity index (χ0v) is 13.2. The number of rotatable bonds is 4. The van der Waals surface area contributed by atoms with Gasteiger partial charge in [0.05, 0.1) is 0 Å². The minimum Gasteiger partial charge on any atom is -0.340 e. The van der Waals surface area contributed by atoms with Crippen LogP contribution in [0.2, 0.25) is 5.02 Å². The van der Waals surface area contributed by atoms with Crippen molar-refractivity contribution in [2.24, 2.45) is 0 Å². The molecule has 0 atom stereocenters. The number of hydrogen-bond acceptors (Lipinski definition) is 3. The van der Waals surface area contributed by atoms with E-state index >= 15 is 0 Å². The third kappa shape index (κ3) is 3.91. The van der Waals surface area contributed by atoms with Crippen LogP contribution in [0.4, 0.5) is 11.5 Å². The Kier molecular flexibility index (Phi) is 4.77. The van der Waals surface area contributed by atoms with Gasteiger partial charge in [0.15, 0.2) is 0 Å². The monoisotopic (exact) mass is 339 g/mol. The first-order valence-electron chi connectivity index (χ1n) is 6.15. The van der Waals surface area contributed by atoms with Gasteiger partial charge in [-0.05, 0) is 47.0 Å². The third-order valence-corrected chi connectivity index (χ3v) is 3.32. The number of aryl methyl sites for hydroxylation is 2. The summed E-state index contributed by atoms with van der Waals surface area (Å²) < 4.78 is 0.785. The topological polar surface area (TPSA) is 37.8 Å². The van der Waals surface area contributed by atoms with Gasteiger partial charge in [0.1, 0.15) is 16.2 Å². The number of hydrogen-bond donors (Lipinski definition) is 1. The highest BCUT2D eigenvalue weighted by Gasteiger charge is 2.05. The summed E-state index contributed by atoms with van der Waals surface area (Å²) in [6.07, 6.45) is 1.88. The van der Waals surface area contributed by atoms with E-state index in [2.05, 4.69) is 38.1 Å². The van der Waals surface area contributed by atoms with Gasteiger partial charge in [0.2, 0.25) is 0 Å². The summed E-state index contributed by atoms with van der Waals surface area (Å²) in [5.41, 5.74) is 2.08. The van der Waals surface area contributed by atoms with Gasteiger partial charge in [-0.3, -0.25) is 0 Å². The largest absolute Gasteiger partial charge is 0.340 e. The minimum atomic E-state index is 0.704. The van der Waals surface area contributed by atoms with Gasteiger partial charge >= 0.3 is 0 Å². The summed E-state index contributed by atoms with van der Waals surface area (Å²) in [7, 11) is 0. The van der Waals surface area contributed by atoms with Crippen LogP contribution in [0.1, 0.15) is 24.7 Å². The highest BCUT2D eigenvalue weighted by molar-refractivity contribution is 9.10. The van der Waals surface area contributed by atoms with Crippen LogP contribution >= 0.6 is 27.5 Å². The zero-order chi connectivity index (χ0) is 13.8. The van der Waals surface area contributed by atoms with E-state index in [1.54, 1.807) is 0 Å². The molecule has 0 unspecified atom stereocenters. The van der Waals surface area contributed by atoms with Gasteiger partial charge < -0.3 is 5.32 Å². The van der Waals surface area contributed by atoms with Crippen LogP contribution in [0.5, 0.6) is 0 Å². The van der Waals surface area contributed by atoms with Crippen LogP contribution in [0.25, 0.3) is 0 Å². The molecule has 19 heavy (non-hydrogen) atoms. The normalized spacial score (nSPS) is 10.5. The molecule has 1 aromatic carbocycles. The molecule has 0 aliphatic carbocycles. The number of nitrogens with one attached hydrogen (secondary N) is 1. The Hall–Kier alpha value is -1.13. The molecule has 1 heterocycles. The van der Waals surface area contributed by atoms with E-state index in [-0.39, 0.29) is 0 Å². The zero-order valence-electron chi connectivity index (χ0n) is 10.9. The van der Waals surface area contributed by atoms with E-state index < -0.39 is 0 Å². The molecule has 1 aromatic heterocycles. The van der Waals surface area contributed by atoms with Crippen molar-refractivity contribution in [1.82, 2.24) is 9.97 Å². The predicted molar refractivity (Wildman–Crippen MR) is 83.2 cm³/mol. The summed E-state index contributed by atoms with van der Waals surface area (Å²) in [4.78, 5) is 8.84. The molecule has 100 valence electrons. The van der Waals surface area contributed by atoms with Gasteiger partial charge in [0, 0.05) is 23.2 Å². The highest BCUT2D eigenvalue weighted by atomic mass is 79.9. The predicted octanol–water partition coefficient (Wildman–Crippen LogP) is 4.90. The molecule has 2 aromatic rings. The summed E-state index contributed by atoms with van der Waals surface area (Å²) >= 11 is 9.43. The minimum absolute atomic E-state index is 0.704. The highest BCUT2D eigenvalue weighted by Crippen LogP contribution is 2.24. The summed E-state index contributed by atoms with van der Waals surface area (Å²) in [5.74, 6) is 1.61. The van der Waals surface area contributed by atoms with Gasteiger partial charge in [-0.2, -0.15) is 0 Å². The van der Waals surface area contributed by atoms with Crippen molar-refractivity contribution in [3.05, 3.63) is 45.3 Å². The van der Waals surface area contributed by atoms with E-state index in [1.807, 2.05) is 31.2 Å². The van der Waals surface area contributed by atoms with Gasteiger partial charge in [-0.25, -0.2) is 9.97 Å². The van der Waals surface area contributed by atoms with Crippen molar-refractivity contribution >= 4 is 39.0 Å². The Balaban J connectivity index is 2.29. The maximum Gasteiger partial charge on any atom is 0.135 e. The van der Waals surface area contributed by atoms with E-state index in [0.29, 0.717) is 5.02 Å². The van der Waals surface area contributed by atoms with Crippen molar-refractivity contribution in [2.75, 3.05) is 5.32 Å². The fourth-order valence-corrected chi connectivity index (χ4v) is 2.32. The third-order valence-electron chi connectivity index (χ3n) is 2.68. The average Bonchev–Trinajstić information content (AvgIpc) is 2.33. The molecule has 1 N–H and O–H groups in total. The summed E-state index contributed by atoms with van der Waals surface area (Å²) in [6, 6.07) is 7.61. The van der Waals surface area contributed by atoms with E-state index in [4.69, 9.17) is 11.6 Å². The Morgan fingerprint density at radius 3 is 2.79 bits per heavy atom. The second-order valence-corrected chi connectivity index (χ2v) is 5.58. The van der Waals surface area contributed by atoms with Gasteiger partial charge in [0.25, 0.3) is 0 Å². The molecule has 2 rings (SSSR count). The molecule has 0 saturated heterocycles. The molecule has 0 fully saturated rings. The summed E-state index contributed by atoms with van der Waals surface area (Å²) in [5, 5.41) is 3.99. The van der Waals surface area contributed by atoms with Crippen molar-refractivity contribution in [1.29, 1.82) is 0 Å². The lowest BCUT2D eigenvalue weighted by Gasteiger charge is -2.10. The Labute approximate surface area is 126 Å². The summed E-state index contributed by atoms with van der Waals surface area (Å²) in [6.45, 7) is 4.14. The van der Waals surface area contributed by atoms with E-state index in [0.717, 1.165) is 40.3 Å². The molecule has 0 radical (unpaired) electrons. The Bertz CT molecular complexity index is 587. The molecule has 0 spiro atoms. The maximum absolute atomic E-state index is 6.01. The number of aromatic nitrogens is 2. The first-order chi connectivity index (χ1) is 9.08. The standard InChI is InChI=1S/C14H15BrClN3/c1-3-4-13-18-12(15)8-14(19-13)17-11-7-10(16)6-5-9(11)2/h5-8H,3-4H2,1-2H3,(H,17,18,19). The fraction of sp³-hybridized carbons (Fsp3) is 0.286. The number of nitrogens with zero attached hydrogens (tertiary/aromatic N) is 2. The van der Waals surface area contributed by atoms with Crippen LogP contribution in [-0.2, 0) is 6.42 Å². The molecule has 0 aliphatic rings. The van der Waals surface area contributed by atoms with Crippen LogP contribution in [-0.4, -0.2) is 9.97 Å². The molecule has 0 bridgehead atoms.